The van der Waals surface area contributed by atoms with Crippen LogP contribution in [-0.4, -0.2) is 29.8 Å². The lowest BCUT2D eigenvalue weighted by Crippen LogP contribution is -2.32. The summed E-state index contributed by atoms with van der Waals surface area (Å²) < 4.78 is 5.16. The van der Waals surface area contributed by atoms with Crippen LogP contribution in [0.4, 0.5) is 0 Å². The van der Waals surface area contributed by atoms with Crippen molar-refractivity contribution in [2.45, 2.75) is 32.4 Å². The average Bonchev–Trinajstić information content (AvgIpc) is 2.54. The van der Waals surface area contributed by atoms with Gasteiger partial charge in [0.05, 0.1) is 13.2 Å². The minimum Gasteiger partial charge on any atom is -0.497 e. The smallest absolute Gasteiger partial charge is 0.118 e. The molecule has 22 heavy (non-hydrogen) atoms. The predicted molar refractivity (Wildman–Crippen MR) is 88.1 cm³/mol. The van der Waals surface area contributed by atoms with E-state index in [1.165, 1.54) is 5.56 Å². The van der Waals surface area contributed by atoms with Crippen LogP contribution < -0.4 is 10.1 Å². The molecule has 2 rings (SSSR count). The zero-order valence-corrected chi connectivity index (χ0v) is 13.4. The van der Waals surface area contributed by atoms with Crippen molar-refractivity contribution in [2.75, 3.05) is 13.7 Å². The van der Waals surface area contributed by atoms with Gasteiger partial charge in [0, 0.05) is 30.0 Å². The summed E-state index contributed by atoms with van der Waals surface area (Å²) in [7, 11) is 1.67. The van der Waals surface area contributed by atoms with E-state index in [0.717, 1.165) is 23.4 Å². The number of aromatic nitrogens is 1. The molecule has 0 radical (unpaired) electrons. The first-order valence-corrected chi connectivity index (χ1v) is 7.55. The molecule has 0 saturated heterocycles. The standard InChI is InChI=1S/C18H24N2O2/c1-13-4-7-16(11-19-13)18(21)12-20-14(2)10-15-5-8-17(22-3)9-6-15/h4-9,11,14,18,20-21H,10,12H2,1-3H3/t14-,18+/m1/s1. The van der Waals surface area contributed by atoms with Gasteiger partial charge in [-0.25, -0.2) is 0 Å². The van der Waals surface area contributed by atoms with E-state index in [-0.39, 0.29) is 6.04 Å². The first-order valence-electron chi connectivity index (χ1n) is 7.55. The van der Waals surface area contributed by atoms with Crippen molar-refractivity contribution < 1.29 is 9.84 Å². The van der Waals surface area contributed by atoms with E-state index >= 15 is 0 Å². The van der Waals surface area contributed by atoms with Crippen molar-refractivity contribution in [3.63, 3.8) is 0 Å². The third kappa shape index (κ3) is 4.83. The van der Waals surface area contributed by atoms with Crippen LogP contribution in [0.25, 0.3) is 0 Å². The van der Waals surface area contributed by atoms with Crippen molar-refractivity contribution >= 4 is 0 Å². The van der Waals surface area contributed by atoms with Crippen molar-refractivity contribution in [2.24, 2.45) is 0 Å². The van der Waals surface area contributed by atoms with Crippen LogP contribution in [-0.2, 0) is 6.42 Å². The second-order valence-corrected chi connectivity index (χ2v) is 5.61. The lowest BCUT2D eigenvalue weighted by atomic mass is 10.1. The van der Waals surface area contributed by atoms with Gasteiger partial charge in [0.2, 0.25) is 0 Å². The third-order valence-electron chi connectivity index (χ3n) is 3.68. The summed E-state index contributed by atoms with van der Waals surface area (Å²) in [4.78, 5) is 4.21. The van der Waals surface area contributed by atoms with Crippen LogP contribution in [0.1, 0.15) is 29.8 Å². The Balaban J connectivity index is 1.81. The van der Waals surface area contributed by atoms with Crippen molar-refractivity contribution in [3.05, 3.63) is 59.4 Å². The van der Waals surface area contributed by atoms with Gasteiger partial charge >= 0.3 is 0 Å². The van der Waals surface area contributed by atoms with Crippen LogP contribution in [0.15, 0.2) is 42.6 Å². The summed E-state index contributed by atoms with van der Waals surface area (Å²) in [6, 6.07) is 12.2. The van der Waals surface area contributed by atoms with E-state index in [0.29, 0.717) is 6.54 Å². The van der Waals surface area contributed by atoms with Crippen LogP contribution >= 0.6 is 0 Å². The molecule has 2 aromatic rings. The van der Waals surface area contributed by atoms with Crippen molar-refractivity contribution in [1.82, 2.24) is 10.3 Å². The molecule has 4 nitrogen and oxygen atoms in total. The Bertz CT molecular complexity index is 567. The number of nitrogens with one attached hydrogen (secondary N) is 1. The summed E-state index contributed by atoms with van der Waals surface area (Å²) in [6.45, 7) is 4.57. The fourth-order valence-electron chi connectivity index (χ4n) is 2.29. The van der Waals surface area contributed by atoms with E-state index in [9.17, 15) is 5.11 Å². The zero-order chi connectivity index (χ0) is 15.9. The van der Waals surface area contributed by atoms with Crippen LogP contribution in [0.2, 0.25) is 0 Å². The summed E-state index contributed by atoms with van der Waals surface area (Å²) in [5.41, 5.74) is 3.04. The van der Waals surface area contributed by atoms with Gasteiger partial charge in [-0.1, -0.05) is 18.2 Å². The molecule has 0 unspecified atom stereocenters. The van der Waals surface area contributed by atoms with E-state index in [4.69, 9.17) is 4.74 Å². The Hall–Kier alpha value is -1.91. The van der Waals surface area contributed by atoms with Crippen molar-refractivity contribution in [3.8, 4) is 5.75 Å². The van der Waals surface area contributed by atoms with Crippen molar-refractivity contribution in [1.29, 1.82) is 0 Å². The Kier molecular flexibility index (Phi) is 5.92. The molecule has 4 heteroatoms. The second kappa shape index (κ2) is 7.92. The number of rotatable bonds is 7. The second-order valence-electron chi connectivity index (χ2n) is 5.61. The van der Waals surface area contributed by atoms with Gasteiger partial charge in [-0.05, 0) is 44.0 Å². The molecule has 1 aromatic carbocycles. The lowest BCUT2D eigenvalue weighted by Gasteiger charge is -2.17. The number of methoxy groups -OCH3 is 1. The third-order valence-corrected chi connectivity index (χ3v) is 3.68. The Morgan fingerprint density at radius 2 is 1.91 bits per heavy atom. The Morgan fingerprint density at radius 1 is 1.18 bits per heavy atom. The van der Waals surface area contributed by atoms with Crippen LogP contribution in [0, 0.1) is 6.92 Å². The van der Waals surface area contributed by atoms with Gasteiger partial charge in [-0.3, -0.25) is 4.98 Å². The molecule has 0 saturated carbocycles. The number of hydrogen-bond acceptors (Lipinski definition) is 4. The first-order chi connectivity index (χ1) is 10.6. The van der Waals surface area contributed by atoms with Gasteiger partial charge in [-0.2, -0.15) is 0 Å². The molecule has 0 fully saturated rings. The molecule has 0 bridgehead atoms. The zero-order valence-electron chi connectivity index (χ0n) is 13.4. The lowest BCUT2D eigenvalue weighted by molar-refractivity contribution is 0.170. The molecule has 2 N–H and O–H groups in total. The van der Waals surface area contributed by atoms with Gasteiger partial charge in [0.25, 0.3) is 0 Å². The number of aliphatic hydroxyl groups excluding tert-OH is 1. The van der Waals surface area contributed by atoms with E-state index in [2.05, 4.69) is 29.4 Å². The number of hydrogen-bond donors (Lipinski definition) is 2. The van der Waals surface area contributed by atoms with E-state index < -0.39 is 6.10 Å². The highest BCUT2D eigenvalue weighted by molar-refractivity contribution is 5.27. The molecule has 0 aliphatic rings. The largest absolute Gasteiger partial charge is 0.497 e. The van der Waals surface area contributed by atoms with Crippen LogP contribution in [0.3, 0.4) is 0 Å². The molecule has 0 amide bonds. The molecule has 1 aromatic heterocycles. The van der Waals surface area contributed by atoms with Gasteiger partial charge in [0.15, 0.2) is 0 Å². The van der Waals surface area contributed by atoms with Gasteiger partial charge in [-0.15, -0.1) is 0 Å². The maximum absolute atomic E-state index is 10.2. The maximum Gasteiger partial charge on any atom is 0.118 e. The summed E-state index contributed by atoms with van der Waals surface area (Å²) in [5, 5.41) is 13.5. The SMILES string of the molecule is COc1ccc(C[C@@H](C)NC[C@H](O)c2ccc(C)nc2)cc1. The summed E-state index contributed by atoms with van der Waals surface area (Å²) >= 11 is 0. The highest BCUT2D eigenvalue weighted by atomic mass is 16.5. The number of benzene rings is 1. The van der Waals surface area contributed by atoms with Gasteiger partial charge in [0.1, 0.15) is 5.75 Å². The molecule has 0 aliphatic heterocycles. The minimum absolute atomic E-state index is 0.279. The molecule has 0 aliphatic carbocycles. The van der Waals surface area contributed by atoms with E-state index in [1.54, 1.807) is 13.3 Å². The van der Waals surface area contributed by atoms with Gasteiger partial charge < -0.3 is 15.2 Å². The molecule has 2 atom stereocenters. The predicted octanol–water partition coefficient (Wildman–Crippen LogP) is 2.65. The fraction of sp³-hybridized carbons (Fsp3) is 0.389. The highest BCUT2D eigenvalue weighted by Crippen LogP contribution is 2.14. The number of aliphatic hydroxyl groups is 1. The Labute approximate surface area is 132 Å². The highest BCUT2D eigenvalue weighted by Gasteiger charge is 2.10. The fourth-order valence-corrected chi connectivity index (χ4v) is 2.29. The molecule has 1 heterocycles. The first kappa shape index (κ1) is 16.5. The monoisotopic (exact) mass is 300 g/mol. The topological polar surface area (TPSA) is 54.4 Å². The average molecular weight is 300 g/mol. The molecular formula is C18H24N2O2. The maximum atomic E-state index is 10.2. The minimum atomic E-state index is -0.536. The number of pyridine rings is 1. The molecule has 118 valence electrons. The normalized spacial score (nSPS) is 13.6. The summed E-state index contributed by atoms with van der Waals surface area (Å²) in [5.74, 6) is 0.867. The van der Waals surface area contributed by atoms with E-state index in [1.807, 2.05) is 31.2 Å². The number of nitrogens with zero attached hydrogens (tertiary/aromatic N) is 1. The molecular weight excluding hydrogens is 276 g/mol. The summed E-state index contributed by atoms with van der Waals surface area (Å²) in [6.07, 6.45) is 2.10. The number of ether oxygens (including phenoxy) is 1. The number of aryl methyl sites for hydroxylation is 1. The van der Waals surface area contributed by atoms with Crippen LogP contribution in [0.5, 0.6) is 5.75 Å². The quantitative estimate of drug-likeness (QED) is 0.825. The Morgan fingerprint density at radius 3 is 2.50 bits per heavy atom. The molecule has 0 spiro atoms.